The second kappa shape index (κ2) is 11.5. The number of hydrogen-bond acceptors (Lipinski definition) is 4. The molecule has 17 heavy (non-hydrogen) atoms. The highest BCUT2D eigenvalue weighted by atomic mass is 14.9. The fourth-order valence-electron chi connectivity index (χ4n) is 1.24. The third kappa shape index (κ3) is 8.80. The summed E-state index contributed by atoms with van der Waals surface area (Å²) in [5, 5.41) is 3.16. The molecule has 0 atom stereocenters. The highest BCUT2D eigenvalue weighted by molar-refractivity contribution is 5.10. The lowest BCUT2D eigenvalue weighted by Crippen LogP contribution is -2.22. The molecule has 98 valence electrons. The van der Waals surface area contributed by atoms with Crippen LogP contribution in [0.15, 0.2) is 18.2 Å². The zero-order chi connectivity index (χ0) is 12.9. The molecule has 5 N–H and O–H groups in total. The van der Waals surface area contributed by atoms with E-state index in [1.165, 1.54) is 6.42 Å². The van der Waals surface area contributed by atoms with E-state index in [2.05, 4.69) is 24.1 Å². The molecular weight excluding hydrogens is 212 g/mol. The monoisotopic (exact) mass is 238 g/mol. The van der Waals surface area contributed by atoms with Crippen molar-refractivity contribution in [2.24, 2.45) is 11.5 Å². The minimum absolute atomic E-state index is 0.536. The maximum absolute atomic E-state index is 5.41. The molecule has 0 fully saturated rings. The number of nitrogens with one attached hydrogen (secondary N) is 1. The smallest absolute Gasteiger partial charge is 0.0542 e. The van der Waals surface area contributed by atoms with Gasteiger partial charge < -0.3 is 16.8 Å². The first-order valence-corrected chi connectivity index (χ1v) is 6.34. The van der Waals surface area contributed by atoms with Crippen LogP contribution in [0, 0.1) is 0 Å². The largest absolute Gasteiger partial charge is 0.329 e. The Morgan fingerprint density at radius 3 is 2.35 bits per heavy atom. The van der Waals surface area contributed by atoms with Crippen molar-refractivity contribution in [2.45, 2.75) is 33.2 Å². The molecule has 0 aliphatic heterocycles. The van der Waals surface area contributed by atoms with Gasteiger partial charge in [-0.05, 0) is 31.5 Å². The maximum Gasteiger partial charge on any atom is 0.0542 e. The van der Waals surface area contributed by atoms with Crippen LogP contribution in [0.5, 0.6) is 0 Å². The molecule has 0 aromatic carbocycles. The number of pyridine rings is 1. The lowest BCUT2D eigenvalue weighted by atomic mass is 10.2. The van der Waals surface area contributed by atoms with Crippen LogP contribution >= 0.6 is 0 Å². The van der Waals surface area contributed by atoms with Gasteiger partial charge in [0.15, 0.2) is 0 Å². The van der Waals surface area contributed by atoms with E-state index in [9.17, 15) is 0 Å². The van der Waals surface area contributed by atoms with E-state index >= 15 is 0 Å². The van der Waals surface area contributed by atoms with Crippen LogP contribution in [0.2, 0.25) is 0 Å². The summed E-state index contributed by atoms with van der Waals surface area (Å²) in [6, 6.07) is 5.95. The maximum atomic E-state index is 5.41. The van der Waals surface area contributed by atoms with Crippen LogP contribution in [0.3, 0.4) is 0 Å². The summed E-state index contributed by atoms with van der Waals surface area (Å²) in [7, 11) is 0. The van der Waals surface area contributed by atoms with Crippen LogP contribution in [-0.4, -0.2) is 24.6 Å². The highest BCUT2D eigenvalue weighted by Gasteiger charge is 1.91. The van der Waals surface area contributed by atoms with Gasteiger partial charge in [0, 0.05) is 25.3 Å². The van der Waals surface area contributed by atoms with Crippen molar-refractivity contribution < 1.29 is 0 Å². The first-order chi connectivity index (χ1) is 8.28. The molecule has 1 aromatic rings. The van der Waals surface area contributed by atoms with Gasteiger partial charge in [0.05, 0.1) is 5.69 Å². The molecule has 1 rings (SSSR count). The van der Waals surface area contributed by atoms with Gasteiger partial charge in [0.25, 0.3) is 0 Å². The van der Waals surface area contributed by atoms with Gasteiger partial charge in [0.2, 0.25) is 0 Å². The zero-order valence-electron chi connectivity index (χ0n) is 11.1. The first-order valence-electron chi connectivity index (χ1n) is 6.34. The molecule has 1 heterocycles. The second-order valence-corrected chi connectivity index (χ2v) is 3.72. The molecule has 0 radical (unpaired) electrons. The topological polar surface area (TPSA) is 77.0 Å². The molecule has 0 saturated carbocycles. The van der Waals surface area contributed by atoms with E-state index < -0.39 is 0 Å². The highest BCUT2D eigenvalue weighted by Crippen LogP contribution is 1.98. The first kappa shape index (κ1) is 16.0. The SMILES string of the molecule is CCCNCCN.CCc1cccc(CN)n1. The van der Waals surface area contributed by atoms with Gasteiger partial charge in [-0.15, -0.1) is 0 Å². The summed E-state index contributed by atoms with van der Waals surface area (Å²) >= 11 is 0. The molecule has 4 nitrogen and oxygen atoms in total. The number of nitrogens with zero attached hydrogens (tertiary/aromatic N) is 1. The standard InChI is InChI=1S/C8H12N2.C5H14N2/c1-2-7-4-3-5-8(6-9)10-7;1-2-4-7-5-3-6/h3-5H,2,6,9H2,1H3;7H,2-6H2,1H3. The number of rotatable bonds is 6. The average molecular weight is 238 g/mol. The lowest BCUT2D eigenvalue weighted by Gasteiger charge is -1.97. The molecule has 0 unspecified atom stereocenters. The Morgan fingerprint density at radius 2 is 1.82 bits per heavy atom. The number of aromatic nitrogens is 1. The van der Waals surface area contributed by atoms with Crippen molar-refractivity contribution in [1.29, 1.82) is 0 Å². The third-order valence-corrected chi connectivity index (χ3v) is 2.18. The lowest BCUT2D eigenvalue weighted by molar-refractivity contribution is 0.678. The molecule has 0 aliphatic rings. The van der Waals surface area contributed by atoms with Crippen LogP contribution in [-0.2, 0) is 13.0 Å². The van der Waals surface area contributed by atoms with Crippen molar-refractivity contribution in [1.82, 2.24) is 10.3 Å². The molecule has 0 spiro atoms. The Kier molecular flexibility index (Phi) is 10.9. The third-order valence-electron chi connectivity index (χ3n) is 2.18. The minimum Gasteiger partial charge on any atom is -0.329 e. The van der Waals surface area contributed by atoms with Gasteiger partial charge in [-0.1, -0.05) is 19.9 Å². The molecular formula is C13H26N4. The second-order valence-electron chi connectivity index (χ2n) is 3.72. The summed E-state index contributed by atoms with van der Waals surface area (Å²) in [4.78, 5) is 4.28. The van der Waals surface area contributed by atoms with Gasteiger partial charge in [-0.2, -0.15) is 0 Å². The molecule has 0 bridgehead atoms. The van der Waals surface area contributed by atoms with E-state index in [0.717, 1.165) is 37.4 Å². The minimum atomic E-state index is 0.536. The van der Waals surface area contributed by atoms with Crippen molar-refractivity contribution in [2.75, 3.05) is 19.6 Å². The Hall–Kier alpha value is -0.970. The van der Waals surface area contributed by atoms with Crippen LogP contribution in [0.1, 0.15) is 31.7 Å². The fourth-order valence-corrected chi connectivity index (χ4v) is 1.24. The molecule has 0 aliphatic carbocycles. The van der Waals surface area contributed by atoms with Crippen molar-refractivity contribution in [3.05, 3.63) is 29.6 Å². The normalized spacial score (nSPS) is 9.65. The summed E-state index contributed by atoms with van der Waals surface area (Å²) < 4.78 is 0. The Balaban J connectivity index is 0.000000325. The molecule has 1 aromatic heterocycles. The predicted molar refractivity (Wildman–Crippen MR) is 73.7 cm³/mol. The van der Waals surface area contributed by atoms with Crippen LogP contribution in [0.4, 0.5) is 0 Å². The van der Waals surface area contributed by atoms with Crippen LogP contribution in [0.25, 0.3) is 0 Å². The van der Waals surface area contributed by atoms with E-state index in [0.29, 0.717) is 6.54 Å². The van der Waals surface area contributed by atoms with Crippen molar-refractivity contribution in [3.8, 4) is 0 Å². The van der Waals surface area contributed by atoms with Gasteiger partial charge in [-0.25, -0.2) is 0 Å². The quantitative estimate of drug-likeness (QED) is 0.647. The summed E-state index contributed by atoms with van der Waals surface area (Å²) in [6.45, 7) is 7.56. The van der Waals surface area contributed by atoms with Crippen LogP contribution < -0.4 is 16.8 Å². The summed E-state index contributed by atoms with van der Waals surface area (Å²) in [6.07, 6.45) is 2.17. The van der Waals surface area contributed by atoms with Crippen molar-refractivity contribution in [3.63, 3.8) is 0 Å². The predicted octanol–water partition coefficient (Wildman–Crippen LogP) is 1.05. The number of hydrogen-bond donors (Lipinski definition) is 3. The Labute approximate surface area is 105 Å². The fraction of sp³-hybridized carbons (Fsp3) is 0.615. The molecule has 4 heteroatoms. The van der Waals surface area contributed by atoms with E-state index in [1.807, 2.05) is 18.2 Å². The average Bonchev–Trinajstić information content (AvgIpc) is 2.40. The van der Waals surface area contributed by atoms with Gasteiger partial charge in [0.1, 0.15) is 0 Å². The molecule has 0 amide bonds. The number of nitrogens with two attached hydrogens (primary N) is 2. The summed E-state index contributed by atoms with van der Waals surface area (Å²) in [5.74, 6) is 0. The van der Waals surface area contributed by atoms with Gasteiger partial charge >= 0.3 is 0 Å². The zero-order valence-corrected chi connectivity index (χ0v) is 11.1. The Bertz CT molecular complexity index is 253. The summed E-state index contributed by atoms with van der Waals surface area (Å²) in [5.41, 5.74) is 12.7. The number of aryl methyl sites for hydroxylation is 1. The van der Waals surface area contributed by atoms with E-state index in [-0.39, 0.29) is 0 Å². The molecule has 0 saturated heterocycles. The van der Waals surface area contributed by atoms with Crippen molar-refractivity contribution >= 4 is 0 Å². The Morgan fingerprint density at radius 1 is 1.12 bits per heavy atom. The van der Waals surface area contributed by atoms with E-state index in [4.69, 9.17) is 11.5 Å². The van der Waals surface area contributed by atoms with Gasteiger partial charge in [-0.3, -0.25) is 4.98 Å². The van der Waals surface area contributed by atoms with E-state index in [1.54, 1.807) is 0 Å².